The first-order valence-corrected chi connectivity index (χ1v) is 9.30. The maximum Gasteiger partial charge on any atom is 0.410 e. The molecule has 2 bridgehead atoms. The molecule has 1 aromatic carbocycles. The Bertz CT molecular complexity index is 829. The number of fused-ring (bicyclic) bond motifs is 2. The van der Waals surface area contributed by atoms with Crippen molar-refractivity contribution >= 4 is 6.09 Å². The predicted octanol–water partition coefficient (Wildman–Crippen LogP) is 3.68. The van der Waals surface area contributed by atoms with Gasteiger partial charge in [-0.2, -0.15) is 0 Å². The van der Waals surface area contributed by atoms with Gasteiger partial charge >= 0.3 is 6.09 Å². The normalized spacial score (nSPS) is 26.9. The smallest absolute Gasteiger partial charge is 0.410 e. The Labute approximate surface area is 157 Å². The van der Waals surface area contributed by atoms with Crippen molar-refractivity contribution in [3.63, 3.8) is 0 Å². The second-order valence-corrected chi connectivity index (χ2v) is 7.59. The third-order valence-electron chi connectivity index (χ3n) is 5.67. The lowest BCUT2D eigenvalue weighted by molar-refractivity contribution is -0.0568. The van der Waals surface area contributed by atoms with E-state index < -0.39 is 11.4 Å². The minimum absolute atomic E-state index is 0.0942. The number of amides is 1. The summed E-state index contributed by atoms with van der Waals surface area (Å²) >= 11 is 0. The Morgan fingerprint density at radius 3 is 2.59 bits per heavy atom. The molecule has 0 aliphatic carbocycles. The van der Waals surface area contributed by atoms with Crippen molar-refractivity contribution < 1.29 is 19.0 Å². The van der Waals surface area contributed by atoms with Crippen LogP contribution in [0.4, 0.5) is 9.18 Å². The largest absolute Gasteiger partial charge is 0.445 e. The van der Waals surface area contributed by atoms with Crippen LogP contribution in [0.15, 0.2) is 42.6 Å². The van der Waals surface area contributed by atoms with Gasteiger partial charge in [0, 0.05) is 24.9 Å². The van der Waals surface area contributed by atoms with Crippen molar-refractivity contribution in [3.8, 4) is 0 Å². The Balaban J connectivity index is 1.47. The zero-order valence-corrected chi connectivity index (χ0v) is 15.3. The molecule has 2 aromatic rings. The van der Waals surface area contributed by atoms with Gasteiger partial charge in [0.2, 0.25) is 0 Å². The van der Waals surface area contributed by atoms with Crippen LogP contribution >= 0.6 is 0 Å². The zero-order valence-electron chi connectivity index (χ0n) is 15.3. The number of ether oxygens (including phenoxy) is 1. The standard InChI is InChI=1S/C21H23FN2O3/c1-14-9-16(22)12-23-19(14)21(26)10-17-7-8-18(11-21)24(17)20(25)27-13-15-5-3-2-4-6-15/h2-6,9,12,17-18,26H,7-8,10-11,13H2,1H3. The molecule has 27 heavy (non-hydrogen) atoms. The fourth-order valence-electron chi connectivity index (χ4n) is 4.54. The molecule has 142 valence electrons. The van der Waals surface area contributed by atoms with E-state index in [0.717, 1.165) is 24.6 Å². The first-order valence-electron chi connectivity index (χ1n) is 9.30. The van der Waals surface area contributed by atoms with Gasteiger partial charge in [0.1, 0.15) is 18.0 Å². The third-order valence-corrected chi connectivity index (χ3v) is 5.67. The van der Waals surface area contributed by atoms with E-state index in [4.69, 9.17) is 4.74 Å². The average molecular weight is 370 g/mol. The van der Waals surface area contributed by atoms with Gasteiger partial charge in [-0.05, 0) is 37.0 Å². The molecule has 6 heteroatoms. The number of hydrogen-bond donors (Lipinski definition) is 1. The molecule has 1 N–H and O–H groups in total. The molecular weight excluding hydrogens is 347 g/mol. The first-order chi connectivity index (χ1) is 13.0. The molecule has 2 aliphatic heterocycles. The quantitative estimate of drug-likeness (QED) is 0.895. The van der Waals surface area contributed by atoms with Crippen LogP contribution in [0.2, 0.25) is 0 Å². The Kier molecular flexibility index (Phi) is 4.60. The molecule has 1 aromatic heterocycles. The summed E-state index contributed by atoms with van der Waals surface area (Å²) in [4.78, 5) is 18.6. The second kappa shape index (κ2) is 6.93. The van der Waals surface area contributed by atoms with Crippen molar-refractivity contribution in [1.29, 1.82) is 0 Å². The minimum Gasteiger partial charge on any atom is -0.445 e. The molecule has 0 saturated carbocycles. The molecule has 3 heterocycles. The molecule has 2 saturated heterocycles. The van der Waals surface area contributed by atoms with Crippen LogP contribution in [0.25, 0.3) is 0 Å². The van der Waals surface area contributed by atoms with Crippen LogP contribution in [0.1, 0.15) is 42.5 Å². The first kappa shape index (κ1) is 17.9. The summed E-state index contributed by atoms with van der Waals surface area (Å²) < 4.78 is 18.9. The summed E-state index contributed by atoms with van der Waals surface area (Å²) in [6.07, 6.45) is 3.24. The highest BCUT2D eigenvalue weighted by atomic mass is 19.1. The Morgan fingerprint density at radius 2 is 1.96 bits per heavy atom. The number of aromatic nitrogens is 1. The van der Waals surface area contributed by atoms with Crippen LogP contribution in [-0.4, -0.2) is 33.2 Å². The van der Waals surface area contributed by atoms with Crippen LogP contribution < -0.4 is 0 Å². The number of nitrogens with zero attached hydrogens (tertiary/aromatic N) is 2. The SMILES string of the molecule is Cc1cc(F)cnc1C1(O)CC2CCC(C1)N2C(=O)OCc1ccccc1. The molecule has 0 spiro atoms. The zero-order chi connectivity index (χ0) is 19.0. The van der Waals surface area contributed by atoms with Crippen molar-refractivity contribution in [2.45, 2.75) is 56.9 Å². The van der Waals surface area contributed by atoms with Crippen LogP contribution in [0.5, 0.6) is 0 Å². The third kappa shape index (κ3) is 3.41. The summed E-state index contributed by atoms with van der Waals surface area (Å²) in [5.74, 6) is -0.412. The predicted molar refractivity (Wildman–Crippen MR) is 97.3 cm³/mol. The lowest BCUT2D eigenvalue weighted by atomic mass is 9.82. The summed E-state index contributed by atoms with van der Waals surface area (Å²) in [6, 6.07) is 10.8. The van der Waals surface area contributed by atoms with Gasteiger partial charge < -0.3 is 14.7 Å². The van der Waals surface area contributed by atoms with Gasteiger partial charge in [-0.15, -0.1) is 0 Å². The maximum atomic E-state index is 13.4. The van der Waals surface area contributed by atoms with E-state index in [1.165, 1.54) is 6.07 Å². The molecule has 0 radical (unpaired) electrons. The summed E-state index contributed by atoms with van der Waals surface area (Å²) in [6.45, 7) is 1.99. The molecule has 5 nitrogen and oxygen atoms in total. The summed E-state index contributed by atoms with van der Waals surface area (Å²) in [5.41, 5.74) is 0.952. The van der Waals surface area contributed by atoms with Crippen molar-refractivity contribution in [2.75, 3.05) is 0 Å². The molecule has 2 fully saturated rings. The van der Waals surface area contributed by atoms with Crippen molar-refractivity contribution in [1.82, 2.24) is 9.88 Å². The number of aryl methyl sites for hydroxylation is 1. The number of carbonyl (C=O) groups excluding carboxylic acids is 1. The Morgan fingerprint density at radius 1 is 1.30 bits per heavy atom. The Hall–Kier alpha value is -2.47. The monoisotopic (exact) mass is 370 g/mol. The molecule has 2 aliphatic rings. The number of halogens is 1. The number of piperidine rings is 1. The van der Waals surface area contributed by atoms with Gasteiger partial charge in [0.05, 0.1) is 11.9 Å². The molecule has 1 amide bonds. The molecule has 2 unspecified atom stereocenters. The minimum atomic E-state index is -1.14. The number of benzene rings is 1. The van der Waals surface area contributed by atoms with E-state index in [9.17, 15) is 14.3 Å². The average Bonchev–Trinajstić information content (AvgIpc) is 2.92. The van der Waals surface area contributed by atoms with Crippen molar-refractivity contribution in [2.24, 2.45) is 0 Å². The van der Waals surface area contributed by atoms with Crippen LogP contribution in [-0.2, 0) is 16.9 Å². The van der Waals surface area contributed by atoms with Gasteiger partial charge in [-0.1, -0.05) is 30.3 Å². The molecule has 4 rings (SSSR count). The number of rotatable bonds is 3. The lowest BCUT2D eigenvalue weighted by Gasteiger charge is -2.43. The van der Waals surface area contributed by atoms with Crippen molar-refractivity contribution in [3.05, 3.63) is 65.2 Å². The van der Waals surface area contributed by atoms with E-state index >= 15 is 0 Å². The van der Waals surface area contributed by atoms with E-state index in [1.54, 1.807) is 11.8 Å². The highest BCUT2D eigenvalue weighted by Gasteiger charge is 2.51. The number of pyridine rings is 1. The second-order valence-electron chi connectivity index (χ2n) is 7.59. The topological polar surface area (TPSA) is 62.7 Å². The molecule has 2 atom stereocenters. The summed E-state index contributed by atoms with van der Waals surface area (Å²) in [5, 5.41) is 11.2. The van der Waals surface area contributed by atoms with Gasteiger partial charge in [-0.3, -0.25) is 4.98 Å². The van der Waals surface area contributed by atoms with E-state index in [0.29, 0.717) is 24.1 Å². The van der Waals surface area contributed by atoms with Crippen LogP contribution in [0, 0.1) is 12.7 Å². The number of aliphatic hydroxyl groups is 1. The molecular formula is C21H23FN2O3. The van der Waals surface area contributed by atoms with Gasteiger partial charge in [0.15, 0.2) is 0 Å². The van der Waals surface area contributed by atoms with E-state index in [1.807, 2.05) is 30.3 Å². The fourth-order valence-corrected chi connectivity index (χ4v) is 4.54. The van der Waals surface area contributed by atoms with Crippen LogP contribution in [0.3, 0.4) is 0 Å². The van der Waals surface area contributed by atoms with Gasteiger partial charge in [0.25, 0.3) is 0 Å². The van der Waals surface area contributed by atoms with Gasteiger partial charge in [-0.25, -0.2) is 9.18 Å². The highest BCUT2D eigenvalue weighted by Crippen LogP contribution is 2.46. The highest BCUT2D eigenvalue weighted by molar-refractivity contribution is 5.69. The lowest BCUT2D eigenvalue weighted by Crippen LogP contribution is -2.52. The van der Waals surface area contributed by atoms with E-state index in [2.05, 4.69) is 4.98 Å². The van der Waals surface area contributed by atoms with E-state index in [-0.39, 0.29) is 24.8 Å². The number of carbonyl (C=O) groups is 1. The number of hydrogen-bond acceptors (Lipinski definition) is 4. The summed E-state index contributed by atoms with van der Waals surface area (Å²) in [7, 11) is 0. The maximum absolute atomic E-state index is 13.4. The fraction of sp³-hybridized carbons (Fsp3) is 0.429.